The monoisotopic (exact) mass is 270 g/mol. The van der Waals surface area contributed by atoms with E-state index in [1.807, 2.05) is 0 Å². The Labute approximate surface area is 120 Å². The van der Waals surface area contributed by atoms with Crippen molar-refractivity contribution in [2.45, 2.75) is 53.0 Å². The molecule has 0 spiro atoms. The van der Waals surface area contributed by atoms with Crippen LogP contribution in [0.15, 0.2) is 0 Å². The molecule has 1 aliphatic heterocycles. The fourth-order valence-electron chi connectivity index (χ4n) is 2.76. The zero-order valence-electron chi connectivity index (χ0n) is 13.4. The second-order valence-corrected chi connectivity index (χ2v) is 6.78. The van der Waals surface area contributed by atoms with Crippen molar-refractivity contribution in [2.24, 2.45) is 11.8 Å². The smallest absolute Gasteiger partial charge is 0.0459 e. The number of hydrogen-bond acceptors (Lipinski definition) is 3. The summed E-state index contributed by atoms with van der Waals surface area (Å²) in [7, 11) is 0. The van der Waals surface area contributed by atoms with Crippen molar-refractivity contribution in [1.29, 1.82) is 0 Å². The van der Waals surface area contributed by atoms with E-state index in [4.69, 9.17) is 0 Å². The third kappa shape index (κ3) is 6.73. The Morgan fingerprint density at radius 2 is 1.53 bits per heavy atom. The highest BCUT2D eigenvalue weighted by atomic mass is 16.3. The average Bonchev–Trinajstić information content (AvgIpc) is 2.39. The summed E-state index contributed by atoms with van der Waals surface area (Å²) >= 11 is 0. The molecule has 0 aromatic carbocycles. The van der Waals surface area contributed by atoms with E-state index < -0.39 is 0 Å². The van der Waals surface area contributed by atoms with Crippen LogP contribution in [0.3, 0.4) is 0 Å². The summed E-state index contributed by atoms with van der Waals surface area (Å²) < 4.78 is 0. The molecule has 0 saturated carbocycles. The highest BCUT2D eigenvalue weighted by Gasteiger charge is 2.19. The number of aliphatic hydroxyl groups is 1. The predicted molar refractivity (Wildman–Crippen MR) is 82.4 cm³/mol. The summed E-state index contributed by atoms with van der Waals surface area (Å²) in [6.45, 7) is 15.4. The van der Waals surface area contributed by atoms with Gasteiger partial charge >= 0.3 is 0 Å². The van der Waals surface area contributed by atoms with Crippen molar-refractivity contribution in [2.75, 3.05) is 39.3 Å². The van der Waals surface area contributed by atoms with Gasteiger partial charge in [0.2, 0.25) is 0 Å². The predicted octanol–water partition coefficient (Wildman–Crippen LogP) is 2.45. The molecule has 114 valence electrons. The molecule has 1 aliphatic rings. The number of aliphatic hydroxyl groups excluding tert-OH is 1. The lowest BCUT2D eigenvalue weighted by atomic mass is 9.95. The van der Waals surface area contributed by atoms with Gasteiger partial charge in [0.1, 0.15) is 0 Å². The first kappa shape index (κ1) is 16.9. The van der Waals surface area contributed by atoms with E-state index in [-0.39, 0.29) is 0 Å². The van der Waals surface area contributed by atoms with Gasteiger partial charge in [0.15, 0.2) is 0 Å². The molecule has 3 nitrogen and oxygen atoms in total. The van der Waals surface area contributed by atoms with Crippen LogP contribution < -0.4 is 0 Å². The Bertz CT molecular complexity index is 223. The Hall–Kier alpha value is -0.120. The molecular formula is C16H34N2O. The second-order valence-electron chi connectivity index (χ2n) is 6.78. The lowest BCUT2D eigenvalue weighted by Gasteiger charge is -2.37. The zero-order valence-corrected chi connectivity index (χ0v) is 13.4. The van der Waals surface area contributed by atoms with Crippen LogP contribution in [0.1, 0.15) is 47.0 Å². The maximum absolute atomic E-state index is 9.46. The summed E-state index contributed by atoms with van der Waals surface area (Å²) in [6, 6.07) is 0.679. The van der Waals surface area contributed by atoms with Crippen molar-refractivity contribution in [3.8, 4) is 0 Å². The molecule has 0 aromatic heterocycles. The number of rotatable bonds is 8. The van der Waals surface area contributed by atoms with E-state index in [9.17, 15) is 5.11 Å². The molecule has 1 rings (SSSR count). The van der Waals surface area contributed by atoms with Crippen LogP contribution in [0.2, 0.25) is 0 Å². The maximum Gasteiger partial charge on any atom is 0.0459 e. The molecule has 0 unspecified atom stereocenters. The van der Waals surface area contributed by atoms with Gasteiger partial charge in [-0.15, -0.1) is 0 Å². The van der Waals surface area contributed by atoms with Gasteiger partial charge in [0.05, 0.1) is 0 Å². The van der Waals surface area contributed by atoms with Crippen LogP contribution in [0, 0.1) is 11.8 Å². The van der Waals surface area contributed by atoms with Gasteiger partial charge in [-0.3, -0.25) is 4.90 Å². The third-order valence-corrected chi connectivity index (χ3v) is 4.40. The molecule has 0 aliphatic carbocycles. The lowest BCUT2D eigenvalue weighted by Crippen LogP contribution is -2.49. The van der Waals surface area contributed by atoms with Crippen molar-refractivity contribution in [3.05, 3.63) is 0 Å². The number of piperazine rings is 1. The minimum Gasteiger partial charge on any atom is -0.396 e. The highest BCUT2D eigenvalue weighted by Crippen LogP contribution is 2.16. The summed E-state index contributed by atoms with van der Waals surface area (Å²) in [5, 5.41) is 9.46. The minimum atomic E-state index is 0.360. The molecule has 0 amide bonds. The van der Waals surface area contributed by atoms with Gasteiger partial charge in [-0.2, -0.15) is 0 Å². The molecule has 19 heavy (non-hydrogen) atoms. The van der Waals surface area contributed by atoms with Gasteiger partial charge in [-0.25, -0.2) is 0 Å². The van der Waals surface area contributed by atoms with Gasteiger partial charge < -0.3 is 10.0 Å². The molecule has 1 fully saturated rings. The van der Waals surface area contributed by atoms with Crippen LogP contribution >= 0.6 is 0 Å². The number of hydrogen-bond donors (Lipinski definition) is 1. The standard InChI is InChI=1S/C16H34N2O/c1-14(2)5-6-16(13-19)7-8-17-9-11-18(12-10-17)15(3)4/h14-16,19H,5-13H2,1-4H3/t16-/m1/s1. The first-order valence-electron chi connectivity index (χ1n) is 8.10. The third-order valence-electron chi connectivity index (χ3n) is 4.40. The molecule has 1 N–H and O–H groups in total. The largest absolute Gasteiger partial charge is 0.396 e. The minimum absolute atomic E-state index is 0.360. The summed E-state index contributed by atoms with van der Waals surface area (Å²) in [5.74, 6) is 1.26. The van der Waals surface area contributed by atoms with Crippen molar-refractivity contribution in [1.82, 2.24) is 9.80 Å². The number of nitrogens with zero attached hydrogens (tertiary/aromatic N) is 2. The van der Waals surface area contributed by atoms with Gasteiger partial charge in [-0.1, -0.05) is 20.3 Å². The van der Waals surface area contributed by atoms with Crippen LogP contribution in [0.5, 0.6) is 0 Å². The molecule has 0 bridgehead atoms. The van der Waals surface area contributed by atoms with E-state index in [0.717, 1.165) is 18.9 Å². The molecule has 1 heterocycles. The van der Waals surface area contributed by atoms with Crippen molar-refractivity contribution < 1.29 is 5.11 Å². The van der Waals surface area contributed by atoms with E-state index in [0.29, 0.717) is 18.6 Å². The second kappa shape index (κ2) is 8.93. The topological polar surface area (TPSA) is 26.7 Å². The molecule has 0 aromatic rings. The zero-order chi connectivity index (χ0) is 14.3. The molecule has 3 heteroatoms. The Balaban J connectivity index is 2.17. The normalized spacial score (nSPS) is 20.4. The molecule has 1 saturated heterocycles. The van der Waals surface area contributed by atoms with E-state index >= 15 is 0 Å². The van der Waals surface area contributed by atoms with Crippen LogP contribution in [-0.4, -0.2) is 60.3 Å². The molecular weight excluding hydrogens is 236 g/mol. The van der Waals surface area contributed by atoms with Crippen LogP contribution in [0.25, 0.3) is 0 Å². The summed E-state index contributed by atoms with van der Waals surface area (Å²) in [4.78, 5) is 5.12. The average molecular weight is 270 g/mol. The van der Waals surface area contributed by atoms with Crippen molar-refractivity contribution >= 4 is 0 Å². The maximum atomic E-state index is 9.46. The van der Waals surface area contributed by atoms with Crippen molar-refractivity contribution in [3.63, 3.8) is 0 Å². The first-order chi connectivity index (χ1) is 9.02. The highest BCUT2D eigenvalue weighted by molar-refractivity contribution is 4.75. The fourth-order valence-corrected chi connectivity index (χ4v) is 2.76. The van der Waals surface area contributed by atoms with E-state index in [2.05, 4.69) is 37.5 Å². The Morgan fingerprint density at radius 3 is 2.00 bits per heavy atom. The SMILES string of the molecule is CC(C)CC[C@@H](CO)CCN1CCN(C(C)C)CC1. The van der Waals surface area contributed by atoms with E-state index in [1.54, 1.807) is 0 Å². The lowest BCUT2D eigenvalue weighted by molar-refractivity contribution is 0.0981. The molecule has 1 atom stereocenters. The fraction of sp³-hybridized carbons (Fsp3) is 1.00. The Morgan fingerprint density at radius 1 is 0.895 bits per heavy atom. The van der Waals surface area contributed by atoms with Gasteiger partial charge in [0.25, 0.3) is 0 Å². The molecule has 0 radical (unpaired) electrons. The van der Waals surface area contributed by atoms with E-state index in [1.165, 1.54) is 39.0 Å². The first-order valence-corrected chi connectivity index (χ1v) is 8.10. The van der Waals surface area contributed by atoms with Gasteiger partial charge in [0, 0.05) is 38.8 Å². The summed E-state index contributed by atoms with van der Waals surface area (Å²) in [5.41, 5.74) is 0. The van der Waals surface area contributed by atoms with Gasteiger partial charge in [-0.05, 0) is 45.1 Å². The Kier molecular flexibility index (Phi) is 7.96. The quantitative estimate of drug-likeness (QED) is 0.734. The van der Waals surface area contributed by atoms with Crippen LogP contribution in [0.4, 0.5) is 0 Å². The van der Waals surface area contributed by atoms with Crippen LogP contribution in [-0.2, 0) is 0 Å². The summed E-state index contributed by atoms with van der Waals surface area (Å²) in [6.07, 6.45) is 3.58.